The normalized spacial score (nSPS) is 14.8. The summed E-state index contributed by atoms with van der Waals surface area (Å²) in [5, 5.41) is 18.7. The van der Waals surface area contributed by atoms with Crippen molar-refractivity contribution < 1.29 is 14.5 Å². The van der Waals surface area contributed by atoms with Crippen LogP contribution in [0.1, 0.15) is 49.0 Å². The minimum atomic E-state index is -0.834. The highest BCUT2D eigenvalue weighted by Gasteiger charge is 2.25. The molecule has 1 atom stereocenters. The number of halogens is 1. The van der Waals surface area contributed by atoms with Crippen LogP contribution in [0, 0.1) is 16.0 Å². The van der Waals surface area contributed by atoms with Crippen molar-refractivity contribution in [3.05, 3.63) is 68.7 Å². The predicted octanol–water partition coefficient (Wildman–Crippen LogP) is 4.14. The number of hydrogen-bond donors (Lipinski definition) is 2. The van der Waals surface area contributed by atoms with Gasteiger partial charge in [-0.25, -0.2) is 5.43 Å². The van der Waals surface area contributed by atoms with Gasteiger partial charge in [0, 0.05) is 35.3 Å². The van der Waals surface area contributed by atoms with Crippen molar-refractivity contribution in [2.45, 2.75) is 39.2 Å². The van der Waals surface area contributed by atoms with Crippen LogP contribution in [0.25, 0.3) is 0 Å². The van der Waals surface area contributed by atoms with Gasteiger partial charge in [0.05, 0.1) is 11.1 Å². The second-order valence-corrected chi connectivity index (χ2v) is 8.93. The van der Waals surface area contributed by atoms with Crippen LogP contribution in [0.3, 0.4) is 0 Å². The highest BCUT2D eigenvalue weighted by Crippen LogP contribution is 2.30. The Kier molecular flexibility index (Phi) is 8.59. The van der Waals surface area contributed by atoms with E-state index in [0.717, 1.165) is 32.4 Å². The van der Waals surface area contributed by atoms with Crippen molar-refractivity contribution in [2.24, 2.45) is 11.0 Å². The summed E-state index contributed by atoms with van der Waals surface area (Å²) in [5.41, 5.74) is 3.84. The third kappa shape index (κ3) is 6.54. The van der Waals surface area contributed by atoms with Crippen LogP contribution in [-0.4, -0.2) is 42.1 Å². The quantitative estimate of drug-likeness (QED) is 0.331. The second kappa shape index (κ2) is 11.6. The Labute approximate surface area is 203 Å². The van der Waals surface area contributed by atoms with E-state index in [2.05, 4.69) is 15.8 Å². The average Bonchev–Trinajstić information content (AvgIpc) is 2.82. The second-order valence-electron chi connectivity index (χ2n) is 8.49. The largest absolute Gasteiger partial charge is 0.366 e. The molecule has 180 valence electrons. The van der Waals surface area contributed by atoms with Gasteiger partial charge in [-0.1, -0.05) is 37.6 Å². The zero-order valence-corrected chi connectivity index (χ0v) is 19.9. The van der Waals surface area contributed by atoms with Gasteiger partial charge in [-0.15, -0.1) is 0 Å². The molecule has 9 nitrogen and oxygen atoms in total. The van der Waals surface area contributed by atoms with E-state index in [1.807, 2.05) is 4.90 Å². The van der Waals surface area contributed by atoms with Crippen LogP contribution in [-0.2, 0) is 4.79 Å². The molecule has 0 aromatic heterocycles. The number of hydrogen-bond acceptors (Lipinski definition) is 6. The molecule has 1 heterocycles. The molecule has 0 bridgehead atoms. The number of rotatable bonds is 8. The lowest BCUT2D eigenvalue weighted by Crippen LogP contribution is -2.48. The summed E-state index contributed by atoms with van der Waals surface area (Å²) in [7, 11) is 0. The Morgan fingerprint density at radius 3 is 2.53 bits per heavy atom. The number of nitro groups is 1. The maximum Gasteiger partial charge on any atom is 0.293 e. The van der Waals surface area contributed by atoms with Gasteiger partial charge in [0.1, 0.15) is 11.7 Å². The first-order chi connectivity index (χ1) is 16.3. The summed E-state index contributed by atoms with van der Waals surface area (Å²) in [6.45, 7) is 5.19. The van der Waals surface area contributed by atoms with E-state index >= 15 is 0 Å². The van der Waals surface area contributed by atoms with Crippen LogP contribution in [0.4, 0.5) is 11.4 Å². The van der Waals surface area contributed by atoms with E-state index in [4.69, 9.17) is 11.6 Å². The monoisotopic (exact) mass is 485 g/mol. The van der Waals surface area contributed by atoms with Crippen LogP contribution >= 0.6 is 11.6 Å². The fourth-order valence-electron chi connectivity index (χ4n) is 3.80. The number of nitrogens with zero attached hydrogens (tertiary/aromatic N) is 3. The van der Waals surface area contributed by atoms with Crippen LogP contribution < -0.4 is 15.6 Å². The molecular weight excluding hydrogens is 458 g/mol. The highest BCUT2D eigenvalue weighted by atomic mass is 35.5. The maximum atomic E-state index is 12.7. The number of piperidine rings is 1. The molecule has 2 aromatic rings. The van der Waals surface area contributed by atoms with E-state index in [1.165, 1.54) is 18.3 Å². The smallest absolute Gasteiger partial charge is 0.293 e. The lowest BCUT2D eigenvalue weighted by Gasteiger charge is -2.28. The van der Waals surface area contributed by atoms with Gasteiger partial charge in [0.15, 0.2) is 0 Å². The Morgan fingerprint density at radius 1 is 1.15 bits per heavy atom. The van der Waals surface area contributed by atoms with Gasteiger partial charge in [-0.3, -0.25) is 19.7 Å². The number of anilines is 1. The van der Waals surface area contributed by atoms with Crippen LogP contribution in [0.15, 0.2) is 47.6 Å². The molecule has 10 heteroatoms. The first-order valence-corrected chi connectivity index (χ1v) is 11.6. The van der Waals surface area contributed by atoms with E-state index < -0.39 is 22.8 Å². The lowest BCUT2D eigenvalue weighted by atomic mass is 10.0. The summed E-state index contributed by atoms with van der Waals surface area (Å²) in [6.07, 6.45) is 4.50. The van der Waals surface area contributed by atoms with Gasteiger partial charge in [-0.05, 0) is 49.4 Å². The van der Waals surface area contributed by atoms with Crippen LogP contribution in [0.2, 0.25) is 5.02 Å². The third-order valence-electron chi connectivity index (χ3n) is 5.60. The van der Waals surface area contributed by atoms with Crippen molar-refractivity contribution in [1.82, 2.24) is 10.7 Å². The number of carbonyl (C=O) groups excluding carboxylic acids is 2. The lowest BCUT2D eigenvalue weighted by molar-refractivity contribution is -0.384. The number of nitrogens with one attached hydrogen (secondary N) is 2. The van der Waals surface area contributed by atoms with Crippen molar-refractivity contribution in [2.75, 3.05) is 18.0 Å². The molecule has 0 radical (unpaired) electrons. The zero-order chi connectivity index (χ0) is 24.7. The molecule has 34 heavy (non-hydrogen) atoms. The predicted molar refractivity (Wildman–Crippen MR) is 132 cm³/mol. The molecule has 2 N–H and O–H groups in total. The van der Waals surface area contributed by atoms with Gasteiger partial charge in [0.2, 0.25) is 0 Å². The fourth-order valence-corrected chi connectivity index (χ4v) is 3.99. The standard InChI is InChI=1S/C24H28ClN5O4/c1-16(2)22(27-23(31)18-7-6-8-19(25)14-18)24(32)28-26-15-17-9-10-20(21(13-17)30(33)34)29-11-4-3-5-12-29/h6-10,13-16,22H,3-5,11-12H2,1-2H3,(H,27,31)(H,28,32)/b26-15-. The molecule has 3 rings (SSSR count). The first-order valence-electron chi connectivity index (χ1n) is 11.2. The molecule has 1 unspecified atom stereocenters. The summed E-state index contributed by atoms with van der Waals surface area (Å²) < 4.78 is 0. The average molecular weight is 486 g/mol. The SMILES string of the molecule is CC(C)C(NC(=O)c1cccc(Cl)c1)C(=O)N/N=C\c1ccc(N2CCCCC2)c([N+](=O)[O-])c1. The van der Waals surface area contributed by atoms with Crippen molar-refractivity contribution in [3.8, 4) is 0 Å². The molecule has 1 fully saturated rings. The van der Waals surface area contributed by atoms with Crippen molar-refractivity contribution >= 4 is 41.0 Å². The molecule has 0 aliphatic carbocycles. The Bertz CT molecular complexity index is 1080. The molecule has 1 aliphatic heterocycles. The number of carbonyl (C=O) groups is 2. The number of amides is 2. The van der Waals surface area contributed by atoms with Crippen LogP contribution in [0.5, 0.6) is 0 Å². The van der Waals surface area contributed by atoms with Gasteiger partial charge >= 0.3 is 0 Å². The molecule has 2 aromatic carbocycles. The molecule has 0 spiro atoms. The molecular formula is C24H28ClN5O4. The number of nitro benzene ring substituents is 1. The van der Waals surface area contributed by atoms with E-state index in [9.17, 15) is 19.7 Å². The van der Waals surface area contributed by atoms with E-state index in [-0.39, 0.29) is 11.6 Å². The molecule has 2 amide bonds. The zero-order valence-electron chi connectivity index (χ0n) is 19.2. The fraction of sp³-hybridized carbons (Fsp3) is 0.375. The molecule has 0 saturated carbocycles. The maximum absolute atomic E-state index is 12.7. The van der Waals surface area contributed by atoms with Crippen molar-refractivity contribution in [1.29, 1.82) is 0 Å². The summed E-state index contributed by atoms with van der Waals surface area (Å²) >= 11 is 5.94. The van der Waals surface area contributed by atoms with E-state index in [1.54, 1.807) is 44.2 Å². The Hall–Kier alpha value is -3.46. The number of benzene rings is 2. The van der Waals surface area contributed by atoms with Crippen molar-refractivity contribution in [3.63, 3.8) is 0 Å². The molecule has 1 saturated heterocycles. The first kappa shape index (κ1) is 25.2. The van der Waals surface area contributed by atoms with Gasteiger partial charge in [0.25, 0.3) is 17.5 Å². The third-order valence-corrected chi connectivity index (χ3v) is 5.84. The minimum Gasteiger partial charge on any atom is -0.366 e. The topological polar surface area (TPSA) is 117 Å². The highest BCUT2D eigenvalue weighted by molar-refractivity contribution is 6.31. The molecule has 1 aliphatic rings. The minimum absolute atomic E-state index is 0.00557. The van der Waals surface area contributed by atoms with E-state index in [0.29, 0.717) is 21.8 Å². The summed E-state index contributed by atoms with van der Waals surface area (Å²) in [5.74, 6) is -1.13. The Balaban J connectivity index is 1.67. The summed E-state index contributed by atoms with van der Waals surface area (Å²) in [4.78, 5) is 38.4. The number of hydrazone groups is 1. The van der Waals surface area contributed by atoms with Gasteiger partial charge in [-0.2, -0.15) is 5.10 Å². The summed E-state index contributed by atoms with van der Waals surface area (Å²) in [6, 6.07) is 10.5. The Morgan fingerprint density at radius 2 is 1.88 bits per heavy atom. The van der Waals surface area contributed by atoms with Gasteiger partial charge < -0.3 is 10.2 Å².